The first-order chi connectivity index (χ1) is 10.2. The Labute approximate surface area is 128 Å². The van der Waals surface area contributed by atoms with Crippen LogP contribution in [0.25, 0.3) is 0 Å². The number of piperidine rings is 1. The summed E-state index contributed by atoms with van der Waals surface area (Å²) in [5.41, 5.74) is 8.20. The molecule has 0 radical (unpaired) electrons. The molecule has 0 amide bonds. The Balaban J connectivity index is 1.76. The first-order valence-corrected chi connectivity index (χ1v) is 8.03. The normalized spacial score (nSPS) is 17.9. The molecule has 0 bridgehead atoms. The van der Waals surface area contributed by atoms with Crippen molar-refractivity contribution in [2.24, 2.45) is 16.6 Å². The predicted octanol–water partition coefficient (Wildman–Crippen LogP) is 2.84. The Morgan fingerprint density at radius 3 is 2.81 bits per heavy atom. The molecular weight excluding hydrogens is 260 g/mol. The van der Waals surface area contributed by atoms with Gasteiger partial charge in [-0.05, 0) is 69.4 Å². The molecule has 1 aliphatic rings. The minimum Gasteiger partial charge on any atom is -0.370 e. The van der Waals surface area contributed by atoms with E-state index in [1.54, 1.807) is 0 Å². The molecule has 3 N–H and O–H groups in total. The fourth-order valence-electron chi connectivity index (χ4n) is 2.85. The molecule has 1 aliphatic heterocycles. The predicted molar refractivity (Wildman–Crippen MR) is 90.7 cm³/mol. The maximum Gasteiger partial charge on any atom is 0.193 e. The Hall–Kier alpha value is -1.55. The Kier molecular flexibility index (Phi) is 6.05. The number of anilines is 1. The van der Waals surface area contributed by atoms with E-state index in [9.17, 15) is 0 Å². The van der Waals surface area contributed by atoms with Crippen molar-refractivity contribution in [2.45, 2.75) is 33.1 Å². The lowest BCUT2D eigenvalue weighted by Gasteiger charge is -2.30. The van der Waals surface area contributed by atoms with Crippen LogP contribution in [0.4, 0.5) is 5.69 Å². The molecule has 4 heteroatoms. The molecule has 21 heavy (non-hydrogen) atoms. The zero-order chi connectivity index (χ0) is 15.1. The Bertz CT molecular complexity index is 462. The second-order valence-corrected chi connectivity index (χ2v) is 6.01. The molecule has 0 atom stereocenters. The van der Waals surface area contributed by atoms with E-state index in [0.717, 1.165) is 12.2 Å². The third-order valence-corrected chi connectivity index (χ3v) is 4.06. The van der Waals surface area contributed by atoms with Gasteiger partial charge in [-0.25, -0.2) is 0 Å². The highest BCUT2D eigenvalue weighted by Crippen LogP contribution is 2.17. The second kappa shape index (κ2) is 8.03. The van der Waals surface area contributed by atoms with Crippen LogP contribution in [0.2, 0.25) is 0 Å². The summed E-state index contributed by atoms with van der Waals surface area (Å²) in [7, 11) is 0. The summed E-state index contributed by atoms with van der Waals surface area (Å²) in [5, 5.41) is 3.17. The first-order valence-electron chi connectivity index (χ1n) is 8.03. The van der Waals surface area contributed by atoms with Crippen LogP contribution in [-0.2, 0) is 0 Å². The van der Waals surface area contributed by atoms with Crippen LogP contribution in [0.3, 0.4) is 0 Å². The fraction of sp³-hybridized carbons (Fsp3) is 0.588. The van der Waals surface area contributed by atoms with E-state index in [1.807, 2.05) is 12.1 Å². The van der Waals surface area contributed by atoms with Crippen LogP contribution in [0.15, 0.2) is 29.3 Å². The maximum atomic E-state index is 5.98. The lowest BCUT2D eigenvalue weighted by atomic mass is 9.97. The van der Waals surface area contributed by atoms with Crippen LogP contribution < -0.4 is 11.1 Å². The molecule has 1 fully saturated rings. The van der Waals surface area contributed by atoms with Gasteiger partial charge in [-0.15, -0.1) is 0 Å². The van der Waals surface area contributed by atoms with Crippen molar-refractivity contribution >= 4 is 11.6 Å². The van der Waals surface area contributed by atoms with Gasteiger partial charge in [0.2, 0.25) is 0 Å². The average Bonchev–Trinajstić information content (AvgIpc) is 2.47. The number of aliphatic imine (C=N–C) groups is 1. The maximum absolute atomic E-state index is 5.98. The molecule has 0 spiro atoms. The third kappa shape index (κ3) is 5.38. The lowest BCUT2D eigenvalue weighted by Crippen LogP contribution is -2.35. The Morgan fingerprint density at radius 1 is 1.38 bits per heavy atom. The standard InChI is InChI=1S/C17H28N4/c1-3-9-21-10-7-15(8-11-21)13-19-17(18)20-16-6-4-5-14(2)12-16/h4-6,12,15H,3,7-11,13H2,1-2H3,(H3,18,19,20). The average molecular weight is 288 g/mol. The van der Waals surface area contributed by atoms with Gasteiger partial charge in [-0.1, -0.05) is 19.1 Å². The smallest absolute Gasteiger partial charge is 0.193 e. The molecule has 0 aromatic heterocycles. The SMILES string of the molecule is CCCN1CCC(CN=C(N)Nc2cccc(C)c2)CC1. The minimum atomic E-state index is 0.525. The first kappa shape index (κ1) is 15.8. The number of likely N-dealkylation sites (tertiary alicyclic amines) is 1. The molecule has 1 heterocycles. The monoisotopic (exact) mass is 288 g/mol. The van der Waals surface area contributed by atoms with Crippen LogP contribution in [-0.4, -0.2) is 37.0 Å². The van der Waals surface area contributed by atoms with E-state index in [4.69, 9.17) is 5.73 Å². The molecule has 1 saturated heterocycles. The lowest BCUT2D eigenvalue weighted by molar-refractivity contribution is 0.188. The van der Waals surface area contributed by atoms with Gasteiger partial charge in [0.15, 0.2) is 5.96 Å². The van der Waals surface area contributed by atoms with Gasteiger partial charge in [0.25, 0.3) is 0 Å². The van der Waals surface area contributed by atoms with Gasteiger partial charge in [-0.3, -0.25) is 4.99 Å². The molecule has 1 aromatic carbocycles. The molecule has 0 aliphatic carbocycles. The van der Waals surface area contributed by atoms with E-state index in [1.165, 1.54) is 44.5 Å². The van der Waals surface area contributed by atoms with E-state index in [0.29, 0.717) is 11.9 Å². The summed E-state index contributed by atoms with van der Waals surface area (Å²) < 4.78 is 0. The molecule has 116 valence electrons. The van der Waals surface area contributed by atoms with Crippen LogP contribution >= 0.6 is 0 Å². The number of hydrogen-bond donors (Lipinski definition) is 2. The Morgan fingerprint density at radius 2 is 2.14 bits per heavy atom. The van der Waals surface area contributed by atoms with Crippen molar-refractivity contribution < 1.29 is 0 Å². The molecule has 2 rings (SSSR count). The van der Waals surface area contributed by atoms with E-state index in [-0.39, 0.29) is 0 Å². The van der Waals surface area contributed by atoms with Crippen molar-refractivity contribution in [3.8, 4) is 0 Å². The molecule has 0 saturated carbocycles. The van der Waals surface area contributed by atoms with Crippen molar-refractivity contribution in [1.29, 1.82) is 0 Å². The van der Waals surface area contributed by atoms with Crippen molar-refractivity contribution in [3.63, 3.8) is 0 Å². The van der Waals surface area contributed by atoms with E-state index >= 15 is 0 Å². The summed E-state index contributed by atoms with van der Waals surface area (Å²) in [6.45, 7) is 8.80. The van der Waals surface area contributed by atoms with Gasteiger partial charge in [-0.2, -0.15) is 0 Å². The fourth-order valence-corrected chi connectivity index (χ4v) is 2.85. The summed E-state index contributed by atoms with van der Waals surface area (Å²) in [6, 6.07) is 8.18. The number of aryl methyl sites for hydroxylation is 1. The van der Waals surface area contributed by atoms with Crippen molar-refractivity contribution in [3.05, 3.63) is 29.8 Å². The zero-order valence-electron chi connectivity index (χ0n) is 13.3. The number of guanidine groups is 1. The number of nitrogens with zero attached hydrogens (tertiary/aromatic N) is 2. The second-order valence-electron chi connectivity index (χ2n) is 6.01. The minimum absolute atomic E-state index is 0.525. The summed E-state index contributed by atoms with van der Waals surface area (Å²) in [6.07, 6.45) is 3.72. The molecule has 4 nitrogen and oxygen atoms in total. The highest BCUT2D eigenvalue weighted by atomic mass is 15.1. The number of nitrogens with two attached hydrogens (primary N) is 1. The van der Waals surface area contributed by atoms with E-state index in [2.05, 4.69) is 41.2 Å². The highest BCUT2D eigenvalue weighted by Gasteiger charge is 2.18. The van der Waals surface area contributed by atoms with Gasteiger partial charge < -0.3 is 16.0 Å². The molecule has 1 aromatic rings. The van der Waals surface area contributed by atoms with Gasteiger partial charge in [0.1, 0.15) is 0 Å². The van der Waals surface area contributed by atoms with Gasteiger partial charge >= 0.3 is 0 Å². The summed E-state index contributed by atoms with van der Waals surface area (Å²) >= 11 is 0. The largest absolute Gasteiger partial charge is 0.370 e. The van der Waals surface area contributed by atoms with E-state index < -0.39 is 0 Å². The van der Waals surface area contributed by atoms with Crippen molar-refractivity contribution in [1.82, 2.24) is 4.90 Å². The number of hydrogen-bond acceptors (Lipinski definition) is 2. The van der Waals surface area contributed by atoms with Crippen LogP contribution in [0, 0.1) is 12.8 Å². The topological polar surface area (TPSA) is 53.6 Å². The highest BCUT2D eigenvalue weighted by molar-refractivity contribution is 5.92. The zero-order valence-corrected chi connectivity index (χ0v) is 13.3. The van der Waals surface area contributed by atoms with Crippen molar-refractivity contribution in [2.75, 3.05) is 31.5 Å². The number of benzene rings is 1. The van der Waals surface area contributed by atoms with Crippen LogP contribution in [0.1, 0.15) is 31.7 Å². The summed E-state index contributed by atoms with van der Waals surface area (Å²) in [5.74, 6) is 1.20. The number of rotatable bonds is 5. The molecule has 0 unspecified atom stereocenters. The third-order valence-electron chi connectivity index (χ3n) is 4.06. The summed E-state index contributed by atoms with van der Waals surface area (Å²) in [4.78, 5) is 7.06. The van der Waals surface area contributed by atoms with Crippen LogP contribution in [0.5, 0.6) is 0 Å². The number of nitrogens with one attached hydrogen (secondary N) is 1. The quantitative estimate of drug-likeness (QED) is 0.647. The van der Waals surface area contributed by atoms with Gasteiger partial charge in [0, 0.05) is 12.2 Å². The molecular formula is C17H28N4. The van der Waals surface area contributed by atoms with Gasteiger partial charge in [0.05, 0.1) is 0 Å².